The standard InChI is InChI=1S/C26H30N6O2/c1-32(2)13-3-11-28-25-22-14-19(18-4-7-21(33)8-5-18)6-9-24(22)30-16-23(25)26(34)29-12-10-20-15-27-17-31-20/h4-9,14-17,33H,3,10-13H2,1-2H3,(H,27,31)(H,28,30)(H,29,34). The van der Waals surface area contributed by atoms with Crippen LogP contribution in [0.25, 0.3) is 22.0 Å². The minimum absolute atomic E-state index is 0.168. The van der Waals surface area contributed by atoms with Gasteiger partial charge in [0.1, 0.15) is 5.75 Å². The number of benzene rings is 2. The zero-order valence-corrected chi connectivity index (χ0v) is 19.5. The first kappa shape index (κ1) is 23.3. The number of carbonyl (C=O) groups excluding carboxylic acids is 1. The number of phenolic OH excluding ortho intramolecular Hbond substituents is 1. The number of nitrogens with zero attached hydrogens (tertiary/aromatic N) is 3. The van der Waals surface area contributed by atoms with Gasteiger partial charge in [-0.15, -0.1) is 0 Å². The number of fused-ring (bicyclic) bond motifs is 1. The van der Waals surface area contributed by atoms with Crippen LogP contribution in [-0.2, 0) is 6.42 Å². The molecule has 2 aromatic heterocycles. The number of anilines is 1. The highest BCUT2D eigenvalue weighted by Gasteiger charge is 2.16. The lowest BCUT2D eigenvalue weighted by Gasteiger charge is -2.16. The number of carbonyl (C=O) groups is 1. The van der Waals surface area contributed by atoms with E-state index in [0.717, 1.165) is 52.9 Å². The van der Waals surface area contributed by atoms with Gasteiger partial charge in [-0.05, 0) is 62.5 Å². The van der Waals surface area contributed by atoms with Crippen LogP contribution in [0, 0.1) is 0 Å². The summed E-state index contributed by atoms with van der Waals surface area (Å²) in [5.74, 6) is 0.0580. The van der Waals surface area contributed by atoms with Gasteiger partial charge < -0.3 is 25.6 Å². The number of pyridine rings is 1. The molecule has 2 heterocycles. The fourth-order valence-corrected chi connectivity index (χ4v) is 3.82. The van der Waals surface area contributed by atoms with Crippen molar-refractivity contribution >= 4 is 22.5 Å². The molecule has 0 unspecified atom stereocenters. The molecule has 8 heteroatoms. The Labute approximate surface area is 199 Å². The number of nitrogens with one attached hydrogen (secondary N) is 3. The van der Waals surface area contributed by atoms with Gasteiger partial charge in [0.05, 0.1) is 23.1 Å². The molecule has 176 valence electrons. The topological polar surface area (TPSA) is 106 Å². The van der Waals surface area contributed by atoms with E-state index in [4.69, 9.17) is 0 Å². The molecular weight excluding hydrogens is 428 g/mol. The second kappa shape index (κ2) is 10.8. The second-order valence-corrected chi connectivity index (χ2v) is 8.49. The third kappa shape index (κ3) is 5.71. The van der Waals surface area contributed by atoms with Crippen LogP contribution in [0.3, 0.4) is 0 Å². The molecule has 4 rings (SSSR count). The molecule has 8 nitrogen and oxygen atoms in total. The molecule has 0 saturated carbocycles. The van der Waals surface area contributed by atoms with Crippen molar-refractivity contribution in [2.75, 3.05) is 39.0 Å². The minimum atomic E-state index is -0.168. The van der Waals surface area contributed by atoms with Gasteiger partial charge in [0, 0.05) is 43.0 Å². The smallest absolute Gasteiger partial charge is 0.254 e. The number of aromatic amines is 1. The maximum Gasteiger partial charge on any atom is 0.254 e. The maximum absolute atomic E-state index is 13.1. The molecule has 34 heavy (non-hydrogen) atoms. The fourth-order valence-electron chi connectivity index (χ4n) is 3.82. The highest BCUT2D eigenvalue weighted by molar-refractivity contribution is 6.07. The van der Waals surface area contributed by atoms with E-state index in [2.05, 4.69) is 30.5 Å². The Morgan fingerprint density at radius 2 is 1.85 bits per heavy atom. The van der Waals surface area contributed by atoms with E-state index in [9.17, 15) is 9.90 Å². The Morgan fingerprint density at radius 1 is 1.06 bits per heavy atom. The van der Waals surface area contributed by atoms with E-state index in [1.807, 2.05) is 44.4 Å². The number of phenols is 1. The van der Waals surface area contributed by atoms with E-state index >= 15 is 0 Å². The molecule has 0 saturated heterocycles. The van der Waals surface area contributed by atoms with Gasteiger partial charge in [-0.1, -0.05) is 18.2 Å². The molecule has 0 bridgehead atoms. The lowest BCUT2D eigenvalue weighted by molar-refractivity contribution is 0.0954. The molecule has 0 aliphatic heterocycles. The summed E-state index contributed by atoms with van der Waals surface area (Å²) < 4.78 is 0. The van der Waals surface area contributed by atoms with Gasteiger partial charge in [0.25, 0.3) is 5.91 Å². The van der Waals surface area contributed by atoms with Gasteiger partial charge in [0.15, 0.2) is 0 Å². The van der Waals surface area contributed by atoms with E-state index in [1.54, 1.807) is 30.9 Å². The Kier molecular flexibility index (Phi) is 7.39. The van der Waals surface area contributed by atoms with Gasteiger partial charge in [-0.2, -0.15) is 0 Å². The molecule has 0 radical (unpaired) electrons. The zero-order chi connectivity index (χ0) is 23.9. The van der Waals surface area contributed by atoms with Crippen molar-refractivity contribution in [2.24, 2.45) is 0 Å². The van der Waals surface area contributed by atoms with Crippen molar-refractivity contribution in [1.29, 1.82) is 0 Å². The van der Waals surface area contributed by atoms with Crippen molar-refractivity contribution < 1.29 is 9.90 Å². The maximum atomic E-state index is 13.1. The van der Waals surface area contributed by atoms with Crippen LogP contribution in [0.5, 0.6) is 5.75 Å². The summed E-state index contributed by atoms with van der Waals surface area (Å²) in [5.41, 5.74) is 5.05. The number of hydrogen-bond acceptors (Lipinski definition) is 6. The van der Waals surface area contributed by atoms with Gasteiger partial charge in [0.2, 0.25) is 0 Å². The van der Waals surface area contributed by atoms with E-state index < -0.39 is 0 Å². The first-order chi connectivity index (χ1) is 16.5. The number of aromatic hydroxyl groups is 1. The zero-order valence-electron chi connectivity index (χ0n) is 19.5. The third-order valence-electron chi connectivity index (χ3n) is 5.63. The van der Waals surface area contributed by atoms with Crippen molar-refractivity contribution in [3.8, 4) is 16.9 Å². The first-order valence-corrected chi connectivity index (χ1v) is 11.4. The summed E-state index contributed by atoms with van der Waals surface area (Å²) in [5, 5.41) is 17.0. The second-order valence-electron chi connectivity index (χ2n) is 8.49. The molecule has 0 aliphatic carbocycles. The minimum Gasteiger partial charge on any atom is -0.508 e. The monoisotopic (exact) mass is 458 g/mol. The summed E-state index contributed by atoms with van der Waals surface area (Å²) in [4.78, 5) is 26.9. The Bertz CT molecular complexity index is 1240. The predicted octanol–water partition coefficient (Wildman–Crippen LogP) is 3.67. The Balaban J connectivity index is 1.63. The number of hydrogen-bond donors (Lipinski definition) is 4. The van der Waals surface area contributed by atoms with Crippen molar-refractivity contribution in [3.05, 3.63) is 72.4 Å². The first-order valence-electron chi connectivity index (χ1n) is 11.4. The molecule has 0 aliphatic rings. The summed E-state index contributed by atoms with van der Waals surface area (Å²) >= 11 is 0. The van der Waals surface area contributed by atoms with Gasteiger partial charge >= 0.3 is 0 Å². The van der Waals surface area contributed by atoms with Crippen molar-refractivity contribution in [3.63, 3.8) is 0 Å². The molecule has 1 amide bonds. The van der Waals surface area contributed by atoms with E-state index in [1.165, 1.54) is 0 Å². The van der Waals surface area contributed by atoms with Crippen LogP contribution in [0.15, 0.2) is 61.2 Å². The third-order valence-corrected chi connectivity index (χ3v) is 5.63. The van der Waals surface area contributed by atoms with Crippen LogP contribution < -0.4 is 10.6 Å². The largest absolute Gasteiger partial charge is 0.508 e. The van der Waals surface area contributed by atoms with Crippen LogP contribution in [0.4, 0.5) is 5.69 Å². The predicted molar refractivity (Wildman–Crippen MR) is 135 cm³/mol. The summed E-state index contributed by atoms with van der Waals surface area (Å²) in [7, 11) is 4.09. The number of imidazole rings is 1. The van der Waals surface area contributed by atoms with Gasteiger partial charge in [-0.3, -0.25) is 9.78 Å². The number of rotatable bonds is 10. The number of H-pyrrole nitrogens is 1. The van der Waals surface area contributed by atoms with Crippen molar-refractivity contribution in [2.45, 2.75) is 12.8 Å². The molecule has 0 spiro atoms. The Hall–Kier alpha value is -3.91. The number of aromatic nitrogens is 3. The van der Waals surface area contributed by atoms with Crippen LogP contribution in [0.2, 0.25) is 0 Å². The molecule has 2 aromatic carbocycles. The van der Waals surface area contributed by atoms with E-state index in [-0.39, 0.29) is 11.7 Å². The average molecular weight is 459 g/mol. The summed E-state index contributed by atoms with van der Waals surface area (Å²) in [6.07, 6.45) is 6.64. The number of amides is 1. The fraction of sp³-hybridized carbons (Fsp3) is 0.269. The molecule has 0 fully saturated rings. The van der Waals surface area contributed by atoms with Crippen LogP contribution >= 0.6 is 0 Å². The summed E-state index contributed by atoms with van der Waals surface area (Å²) in [6.45, 7) is 2.17. The Morgan fingerprint density at radius 3 is 2.59 bits per heavy atom. The van der Waals surface area contributed by atoms with Gasteiger partial charge in [-0.25, -0.2) is 4.98 Å². The lowest BCUT2D eigenvalue weighted by atomic mass is 10.0. The normalized spacial score (nSPS) is 11.1. The lowest BCUT2D eigenvalue weighted by Crippen LogP contribution is -2.27. The van der Waals surface area contributed by atoms with Crippen LogP contribution in [-0.4, -0.2) is 64.6 Å². The molecule has 0 atom stereocenters. The quantitative estimate of drug-likeness (QED) is 0.270. The molecule has 4 N–H and O–H groups in total. The molecular formula is C26H30N6O2. The molecule has 4 aromatic rings. The van der Waals surface area contributed by atoms with E-state index in [0.29, 0.717) is 18.5 Å². The van der Waals surface area contributed by atoms with Crippen LogP contribution in [0.1, 0.15) is 22.5 Å². The highest BCUT2D eigenvalue weighted by Crippen LogP contribution is 2.31. The van der Waals surface area contributed by atoms with Crippen molar-refractivity contribution in [1.82, 2.24) is 25.2 Å². The SMILES string of the molecule is CN(C)CCCNc1c(C(=O)NCCc2cnc[nH]2)cnc2ccc(-c3ccc(O)cc3)cc12. The summed E-state index contributed by atoms with van der Waals surface area (Å²) in [6, 6.07) is 13.1. The average Bonchev–Trinajstić information content (AvgIpc) is 3.35. The highest BCUT2D eigenvalue weighted by atomic mass is 16.3.